The van der Waals surface area contributed by atoms with Crippen molar-refractivity contribution in [1.29, 1.82) is 0 Å². The van der Waals surface area contributed by atoms with Crippen LogP contribution in [0.15, 0.2) is 86.5 Å². The van der Waals surface area contributed by atoms with Crippen LogP contribution in [0.3, 0.4) is 0 Å². The first-order chi connectivity index (χ1) is 16.9. The molecule has 1 aliphatic carbocycles. The maximum Gasteiger partial charge on any atom is 0.336 e. The normalized spacial score (nSPS) is 17.9. The van der Waals surface area contributed by atoms with Crippen molar-refractivity contribution in [3.63, 3.8) is 0 Å². The van der Waals surface area contributed by atoms with Crippen molar-refractivity contribution in [1.82, 2.24) is 5.32 Å². The first-order valence-electron chi connectivity index (χ1n) is 11.9. The molecule has 0 radical (unpaired) electrons. The van der Waals surface area contributed by atoms with Gasteiger partial charge in [0.25, 0.3) is 0 Å². The summed E-state index contributed by atoms with van der Waals surface area (Å²) in [7, 11) is 0. The van der Waals surface area contributed by atoms with Crippen molar-refractivity contribution < 1.29 is 18.7 Å². The molecule has 0 spiro atoms. The highest BCUT2D eigenvalue weighted by Gasteiger charge is 2.40. The molecule has 5 rings (SSSR count). The Bertz CT molecular complexity index is 1440. The summed E-state index contributed by atoms with van der Waals surface area (Å²) in [6.45, 7) is 3.88. The molecule has 0 amide bonds. The molecule has 1 N–H and O–H groups in total. The number of allylic oxidation sites excluding steroid dienone is 3. The zero-order chi connectivity index (χ0) is 24.5. The van der Waals surface area contributed by atoms with E-state index in [2.05, 4.69) is 5.32 Å². The summed E-state index contributed by atoms with van der Waals surface area (Å²) in [5.74, 6) is -1.43. The molecule has 0 bridgehead atoms. The van der Waals surface area contributed by atoms with Crippen LogP contribution in [-0.4, -0.2) is 18.4 Å². The van der Waals surface area contributed by atoms with Crippen LogP contribution in [0.4, 0.5) is 0 Å². The Hall–Kier alpha value is -3.93. The van der Waals surface area contributed by atoms with Crippen molar-refractivity contribution in [2.24, 2.45) is 0 Å². The second kappa shape index (κ2) is 9.37. The molecule has 0 saturated heterocycles. The number of hydrogen-bond acceptors (Lipinski definition) is 6. The van der Waals surface area contributed by atoms with Crippen molar-refractivity contribution in [3.05, 3.63) is 104 Å². The van der Waals surface area contributed by atoms with Gasteiger partial charge in [-0.05, 0) is 44.4 Å². The number of benzene rings is 2. The Kier molecular flexibility index (Phi) is 6.12. The first kappa shape index (κ1) is 22.8. The number of ketones is 1. The predicted octanol–water partition coefficient (Wildman–Crippen LogP) is 4.86. The Morgan fingerprint density at radius 2 is 1.89 bits per heavy atom. The summed E-state index contributed by atoms with van der Waals surface area (Å²) in [5, 5.41) is 3.69. The molecule has 6 nitrogen and oxygen atoms in total. The van der Waals surface area contributed by atoms with Crippen molar-refractivity contribution >= 4 is 22.7 Å². The van der Waals surface area contributed by atoms with Gasteiger partial charge in [-0.1, -0.05) is 42.0 Å². The fraction of sp³-hybridized carbons (Fsp3) is 0.276. The van der Waals surface area contributed by atoms with E-state index in [1.807, 2.05) is 43.3 Å². The lowest BCUT2D eigenvalue weighted by atomic mass is 9.75. The molecule has 1 atom stereocenters. The van der Waals surface area contributed by atoms with E-state index in [-0.39, 0.29) is 29.0 Å². The number of rotatable bonds is 5. The SMILES string of the molecule is CC1=C(C(=O)OCCc2ccccc2)C(c2coc3ccc(C)cc3c2=O)C2=C(CCCC2=O)N1. The van der Waals surface area contributed by atoms with E-state index in [0.29, 0.717) is 41.5 Å². The third-order valence-corrected chi connectivity index (χ3v) is 6.73. The third-order valence-electron chi connectivity index (χ3n) is 6.73. The van der Waals surface area contributed by atoms with Crippen LogP contribution in [0.5, 0.6) is 0 Å². The van der Waals surface area contributed by atoms with Crippen LogP contribution in [0.2, 0.25) is 0 Å². The molecule has 35 heavy (non-hydrogen) atoms. The van der Waals surface area contributed by atoms with E-state index in [9.17, 15) is 14.4 Å². The van der Waals surface area contributed by atoms with Crippen LogP contribution in [0, 0.1) is 6.92 Å². The van der Waals surface area contributed by atoms with E-state index >= 15 is 0 Å². The predicted molar refractivity (Wildman–Crippen MR) is 133 cm³/mol. The number of ether oxygens (including phenoxy) is 1. The van der Waals surface area contributed by atoms with Gasteiger partial charge in [0.15, 0.2) is 11.2 Å². The van der Waals surface area contributed by atoms with Crippen molar-refractivity contribution in [2.45, 2.75) is 45.4 Å². The topological polar surface area (TPSA) is 85.6 Å². The number of carbonyl (C=O) groups is 2. The van der Waals surface area contributed by atoms with Crippen LogP contribution in [0.1, 0.15) is 48.8 Å². The summed E-state index contributed by atoms with van der Waals surface area (Å²) in [6.07, 6.45) is 3.76. The van der Waals surface area contributed by atoms with Crippen LogP contribution in [0.25, 0.3) is 11.0 Å². The monoisotopic (exact) mass is 469 g/mol. The molecule has 6 heteroatoms. The fourth-order valence-electron chi connectivity index (χ4n) is 5.01. The maximum absolute atomic E-state index is 13.6. The summed E-state index contributed by atoms with van der Waals surface area (Å²) >= 11 is 0. The second-order valence-electron chi connectivity index (χ2n) is 9.16. The molecule has 1 aliphatic heterocycles. The summed E-state index contributed by atoms with van der Waals surface area (Å²) < 4.78 is 11.5. The standard InChI is InChI=1S/C29H27NO5/c1-17-11-12-24-20(15-17)28(32)21(16-35-24)26-25(18(2)30-22-9-6-10-23(31)27(22)26)29(33)34-14-13-19-7-4-3-5-8-19/h3-5,7-8,11-12,15-16,26,30H,6,9-10,13-14H2,1-2H3. The van der Waals surface area contributed by atoms with Crippen molar-refractivity contribution in [2.75, 3.05) is 6.61 Å². The van der Waals surface area contributed by atoms with E-state index in [1.54, 1.807) is 19.1 Å². The van der Waals surface area contributed by atoms with E-state index in [0.717, 1.165) is 23.2 Å². The number of dihydropyridines is 1. The zero-order valence-electron chi connectivity index (χ0n) is 19.9. The van der Waals surface area contributed by atoms with Gasteiger partial charge in [-0.15, -0.1) is 0 Å². The molecule has 2 aliphatic rings. The number of nitrogens with one attached hydrogen (secondary N) is 1. The van der Waals surface area contributed by atoms with Gasteiger partial charge in [-0.25, -0.2) is 4.79 Å². The summed E-state index contributed by atoms with van der Waals surface area (Å²) in [6, 6.07) is 15.2. The van der Waals surface area contributed by atoms with Crippen LogP contribution in [-0.2, 0) is 20.7 Å². The van der Waals surface area contributed by atoms with Gasteiger partial charge < -0.3 is 14.5 Å². The summed E-state index contributed by atoms with van der Waals surface area (Å²) in [5.41, 5.74) is 4.61. The average Bonchev–Trinajstić information content (AvgIpc) is 2.85. The lowest BCUT2D eigenvalue weighted by molar-refractivity contribution is -0.139. The Morgan fingerprint density at radius 1 is 1.09 bits per heavy atom. The molecule has 2 aromatic carbocycles. The molecule has 0 fully saturated rings. The number of Topliss-reactive ketones (excluding diaryl/α,β-unsaturated/α-hetero) is 1. The largest absolute Gasteiger partial charge is 0.464 e. The average molecular weight is 470 g/mol. The number of carbonyl (C=O) groups excluding carboxylic acids is 2. The van der Waals surface area contributed by atoms with E-state index in [4.69, 9.17) is 9.15 Å². The van der Waals surface area contributed by atoms with Crippen LogP contribution >= 0.6 is 0 Å². The smallest absolute Gasteiger partial charge is 0.336 e. The Balaban J connectivity index is 1.56. The quantitative estimate of drug-likeness (QED) is 0.538. The summed E-state index contributed by atoms with van der Waals surface area (Å²) in [4.78, 5) is 40.2. The lowest BCUT2D eigenvalue weighted by Crippen LogP contribution is -2.36. The van der Waals surface area contributed by atoms with Gasteiger partial charge in [0, 0.05) is 35.4 Å². The minimum absolute atomic E-state index is 0.0606. The van der Waals surface area contributed by atoms with E-state index in [1.165, 1.54) is 6.26 Å². The van der Waals surface area contributed by atoms with Gasteiger partial charge in [0.2, 0.25) is 0 Å². The van der Waals surface area contributed by atoms with Gasteiger partial charge in [0.05, 0.1) is 29.7 Å². The Morgan fingerprint density at radius 3 is 2.69 bits per heavy atom. The molecule has 0 saturated carbocycles. The highest BCUT2D eigenvalue weighted by Crippen LogP contribution is 2.42. The maximum atomic E-state index is 13.6. The molecule has 2 heterocycles. The zero-order valence-corrected chi connectivity index (χ0v) is 19.9. The van der Waals surface area contributed by atoms with Gasteiger partial charge >= 0.3 is 5.97 Å². The molecule has 3 aromatic rings. The van der Waals surface area contributed by atoms with Gasteiger partial charge in [-0.3, -0.25) is 9.59 Å². The molecular formula is C29H27NO5. The number of esters is 1. The van der Waals surface area contributed by atoms with Gasteiger partial charge in [-0.2, -0.15) is 0 Å². The second-order valence-corrected chi connectivity index (χ2v) is 9.16. The highest BCUT2D eigenvalue weighted by molar-refractivity contribution is 6.04. The molecule has 1 aromatic heterocycles. The number of hydrogen-bond donors (Lipinski definition) is 1. The first-order valence-corrected chi connectivity index (χ1v) is 11.9. The number of fused-ring (bicyclic) bond motifs is 1. The highest BCUT2D eigenvalue weighted by atomic mass is 16.5. The lowest BCUT2D eigenvalue weighted by Gasteiger charge is -2.33. The fourth-order valence-corrected chi connectivity index (χ4v) is 5.01. The Labute approximate surface area is 203 Å². The third kappa shape index (κ3) is 4.32. The minimum Gasteiger partial charge on any atom is -0.464 e. The van der Waals surface area contributed by atoms with E-state index < -0.39 is 11.9 Å². The molecular weight excluding hydrogens is 442 g/mol. The minimum atomic E-state index is -0.829. The number of aryl methyl sites for hydroxylation is 1. The van der Waals surface area contributed by atoms with Crippen molar-refractivity contribution in [3.8, 4) is 0 Å². The van der Waals surface area contributed by atoms with Crippen LogP contribution < -0.4 is 10.7 Å². The molecule has 178 valence electrons. The van der Waals surface area contributed by atoms with Gasteiger partial charge in [0.1, 0.15) is 5.58 Å². The molecule has 1 unspecified atom stereocenters.